The second-order valence-corrected chi connectivity index (χ2v) is 5.35. The molecule has 0 bridgehead atoms. The van der Waals surface area contributed by atoms with Crippen molar-refractivity contribution in [1.29, 1.82) is 0 Å². The number of carbonyl (C=O) groups excluding carboxylic acids is 2. The Morgan fingerprint density at radius 3 is 2.48 bits per heavy atom. The minimum Gasteiger partial charge on any atom is -0.497 e. The molecule has 1 aromatic rings. The lowest BCUT2D eigenvalue weighted by Gasteiger charge is -2.15. The van der Waals surface area contributed by atoms with Crippen LogP contribution in [0.2, 0.25) is 0 Å². The van der Waals surface area contributed by atoms with E-state index in [1.165, 1.54) is 12.8 Å². The van der Waals surface area contributed by atoms with Gasteiger partial charge in [0, 0.05) is 17.8 Å². The Morgan fingerprint density at radius 2 is 1.81 bits per heavy atom. The highest BCUT2D eigenvalue weighted by Crippen LogP contribution is 2.18. The number of ether oxygens (including phenoxy) is 1. The van der Waals surface area contributed by atoms with Crippen molar-refractivity contribution in [2.24, 2.45) is 0 Å². The van der Waals surface area contributed by atoms with Gasteiger partial charge in [-0.2, -0.15) is 0 Å². The van der Waals surface area contributed by atoms with Gasteiger partial charge in [-0.1, -0.05) is 31.7 Å². The van der Waals surface area contributed by atoms with E-state index in [4.69, 9.17) is 4.74 Å². The summed E-state index contributed by atoms with van der Waals surface area (Å²) >= 11 is 0. The van der Waals surface area contributed by atoms with E-state index in [-0.39, 0.29) is 6.04 Å². The highest BCUT2D eigenvalue weighted by molar-refractivity contribution is 6.39. The van der Waals surface area contributed by atoms with Crippen molar-refractivity contribution in [1.82, 2.24) is 5.32 Å². The Kier molecular flexibility index (Phi) is 5.60. The van der Waals surface area contributed by atoms with Crippen LogP contribution in [-0.4, -0.2) is 25.0 Å². The monoisotopic (exact) mass is 290 g/mol. The van der Waals surface area contributed by atoms with Crippen LogP contribution in [0.5, 0.6) is 5.75 Å². The lowest BCUT2D eigenvalue weighted by molar-refractivity contribution is -0.136. The molecule has 0 saturated heterocycles. The summed E-state index contributed by atoms with van der Waals surface area (Å²) in [6.07, 6.45) is 6.56. The number of anilines is 1. The Balaban J connectivity index is 1.88. The Labute approximate surface area is 125 Å². The third-order valence-corrected chi connectivity index (χ3v) is 3.72. The molecule has 1 fully saturated rings. The van der Waals surface area contributed by atoms with Gasteiger partial charge >= 0.3 is 11.8 Å². The van der Waals surface area contributed by atoms with Crippen LogP contribution in [0.15, 0.2) is 24.3 Å². The van der Waals surface area contributed by atoms with Crippen molar-refractivity contribution in [2.75, 3.05) is 12.4 Å². The predicted octanol–water partition coefficient (Wildman–Crippen LogP) is 2.47. The van der Waals surface area contributed by atoms with E-state index in [2.05, 4.69) is 10.6 Å². The normalized spacial score (nSPS) is 15.9. The van der Waals surface area contributed by atoms with Crippen LogP contribution in [0.1, 0.15) is 38.5 Å². The zero-order valence-corrected chi connectivity index (χ0v) is 12.4. The number of hydrogen-bond donors (Lipinski definition) is 2. The molecule has 2 amide bonds. The van der Waals surface area contributed by atoms with Gasteiger partial charge in [-0.15, -0.1) is 0 Å². The van der Waals surface area contributed by atoms with Crippen LogP contribution in [0.3, 0.4) is 0 Å². The highest BCUT2D eigenvalue weighted by atomic mass is 16.5. The molecule has 0 aliphatic heterocycles. The molecule has 0 atom stereocenters. The maximum absolute atomic E-state index is 11.9. The molecule has 0 radical (unpaired) electrons. The first-order chi connectivity index (χ1) is 10.2. The number of rotatable bonds is 3. The molecule has 1 aromatic carbocycles. The van der Waals surface area contributed by atoms with Gasteiger partial charge < -0.3 is 15.4 Å². The summed E-state index contributed by atoms with van der Waals surface area (Å²) in [6.45, 7) is 0. The van der Waals surface area contributed by atoms with E-state index in [0.29, 0.717) is 11.4 Å². The van der Waals surface area contributed by atoms with Crippen LogP contribution in [0, 0.1) is 0 Å². The zero-order chi connectivity index (χ0) is 15.1. The molecule has 0 aromatic heterocycles. The summed E-state index contributed by atoms with van der Waals surface area (Å²) in [5.41, 5.74) is 0.551. The SMILES string of the molecule is COc1cccc(NC(=O)C(=O)NC2CCCCCC2)c1. The Morgan fingerprint density at radius 1 is 1.10 bits per heavy atom. The van der Waals surface area contributed by atoms with Gasteiger partial charge in [0.15, 0.2) is 0 Å². The number of methoxy groups -OCH3 is 1. The molecular weight excluding hydrogens is 268 g/mol. The van der Waals surface area contributed by atoms with E-state index in [1.54, 1.807) is 31.4 Å². The summed E-state index contributed by atoms with van der Waals surface area (Å²) in [7, 11) is 1.56. The summed E-state index contributed by atoms with van der Waals surface area (Å²) in [5.74, 6) is -0.561. The molecule has 21 heavy (non-hydrogen) atoms. The molecule has 1 aliphatic rings. The van der Waals surface area contributed by atoms with Crippen LogP contribution < -0.4 is 15.4 Å². The number of amides is 2. The van der Waals surface area contributed by atoms with Crippen molar-refractivity contribution < 1.29 is 14.3 Å². The first-order valence-electron chi connectivity index (χ1n) is 7.45. The van der Waals surface area contributed by atoms with Gasteiger partial charge in [0.05, 0.1) is 7.11 Å². The van der Waals surface area contributed by atoms with Crippen molar-refractivity contribution in [3.63, 3.8) is 0 Å². The third kappa shape index (κ3) is 4.77. The van der Waals surface area contributed by atoms with Gasteiger partial charge in [-0.3, -0.25) is 9.59 Å². The average Bonchev–Trinajstić information content (AvgIpc) is 2.76. The van der Waals surface area contributed by atoms with Gasteiger partial charge in [0.25, 0.3) is 0 Å². The fourth-order valence-corrected chi connectivity index (χ4v) is 2.56. The standard InChI is InChI=1S/C16H22N2O3/c1-21-14-10-6-9-13(11-14)18-16(20)15(19)17-12-7-4-2-3-5-8-12/h6,9-12H,2-5,7-8H2,1H3,(H,17,19)(H,18,20). The van der Waals surface area contributed by atoms with Crippen molar-refractivity contribution in [3.8, 4) is 5.75 Å². The molecule has 114 valence electrons. The van der Waals surface area contributed by atoms with Crippen LogP contribution in [-0.2, 0) is 9.59 Å². The van der Waals surface area contributed by atoms with Crippen LogP contribution in [0.25, 0.3) is 0 Å². The topological polar surface area (TPSA) is 67.4 Å². The average molecular weight is 290 g/mol. The second-order valence-electron chi connectivity index (χ2n) is 5.35. The van der Waals surface area contributed by atoms with E-state index in [0.717, 1.165) is 25.7 Å². The van der Waals surface area contributed by atoms with E-state index in [9.17, 15) is 9.59 Å². The number of benzene rings is 1. The minimum absolute atomic E-state index is 0.121. The number of nitrogens with one attached hydrogen (secondary N) is 2. The van der Waals surface area contributed by atoms with E-state index < -0.39 is 11.8 Å². The summed E-state index contributed by atoms with van der Waals surface area (Å²) in [6, 6.07) is 7.06. The lowest BCUT2D eigenvalue weighted by Crippen LogP contribution is -2.41. The molecule has 0 spiro atoms. The maximum atomic E-state index is 11.9. The Hall–Kier alpha value is -2.04. The lowest BCUT2D eigenvalue weighted by atomic mass is 10.1. The molecule has 0 heterocycles. The Bertz CT molecular complexity index is 494. The van der Waals surface area contributed by atoms with Gasteiger partial charge in [-0.25, -0.2) is 0 Å². The van der Waals surface area contributed by atoms with Crippen molar-refractivity contribution >= 4 is 17.5 Å². The quantitative estimate of drug-likeness (QED) is 0.664. The molecule has 2 N–H and O–H groups in total. The van der Waals surface area contributed by atoms with Crippen molar-refractivity contribution in [2.45, 2.75) is 44.6 Å². The molecule has 5 nitrogen and oxygen atoms in total. The number of carbonyl (C=O) groups is 2. The first-order valence-corrected chi connectivity index (χ1v) is 7.45. The zero-order valence-electron chi connectivity index (χ0n) is 12.4. The molecule has 2 rings (SSSR count). The van der Waals surface area contributed by atoms with E-state index in [1.807, 2.05) is 0 Å². The third-order valence-electron chi connectivity index (χ3n) is 3.72. The van der Waals surface area contributed by atoms with Crippen LogP contribution in [0.4, 0.5) is 5.69 Å². The van der Waals surface area contributed by atoms with Gasteiger partial charge in [0.1, 0.15) is 5.75 Å². The van der Waals surface area contributed by atoms with Gasteiger partial charge in [0.2, 0.25) is 0 Å². The van der Waals surface area contributed by atoms with E-state index >= 15 is 0 Å². The van der Waals surface area contributed by atoms with Crippen molar-refractivity contribution in [3.05, 3.63) is 24.3 Å². The maximum Gasteiger partial charge on any atom is 0.313 e. The van der Waals surface area contributed by atoms with Gasteiger partial charge in [-0.05, 0) is 25.0 Å². The molecule has 1 saturated carbocycles. The predicted molar refractivity (Wildman–Crippen MR) is 81.3 cm³/mol. The molecular formula is C16H22N2O3. The fourth-order valence-electron chi connectivity index (χ4n) is 2.56. The summed E-state index contributed by atoms with van der Waals surface area (Å²) in [4.78, 5) is 23.8. The molecule has 0 unspecified atom stereocenters. The fraction of sp³-hybridized carbons (Fsp3) is 0.500. The molecule has 1 aliphatic carbocycles. The highest BCUT2D eigenvalue weighted by Gasteiger charge is 2.19. The largest absolute Gasteiger partial charge is 0.497 e. The smallest absolute Gasteiger partial charge is 0.313 e. The van der Waals surface area contributed by atoms with Crippen LogP contribution >= 0.6 is 0 Å². The minimum atomic E-state index is -0.632. The summed E-state index contributed by atoms with van der Waals surface area (Å²) in [5, 5.41) is 5.42. The first kappa shape index (κ1) is 15.4. The molecule has 5 heteroatoms. The second kappa shape index (κ2) is 7.67. The number of hydrogen-bond acceptors (Lipinski definition) is 3. The summed E-state index contributed by atoms with van der Waals surface area (Å²) < 4.78 is 5.08.